The molecular formula is C14H19N5OS. The van der Waals surface area contributed by atoms with E-state index in [0.717, 1.165) is 6.42 Å². The predicted molar refractivity (Wildman–Crippen MR) is 84.2 cm³/mol. The average molecular weight is 305 g/mol. The fourth-order valence-corrected chi connectivity index (χ4v) is 3.51. The molecule has 0 saturated carbocycles. The molecule has 0 aliphatic heterocycles. The van der Waals surface area contributed by atoms with E-state index in [1.165, 1.54) is 23.3 Å². The maximum absolute atomic E-state index is 5.39. The number of hydrogen-bond donors (Lipinski definition) is 2. The molecule has 0 bridgehead atoms. The molecule has 1 aliphatic carbocycles. The van der Waals surface area contributed by atoms with Crippen LogP contribution in [0.2, 0.25) is 0 Å². The summed E-state index contributed by atoms with van der Waals surface area (Å²) >= 11 is 1.83. The number of ether oxygens (including phenoxy) is 1. The van der Waals surface area contributed by atoms with Crippen LogP contribution in [-0.2, 0) is 6.42 Å². The van der Waals surface area contributed by atoms with Gasteiger partial charge < -0.3 is 15.4 Å². The Kier molecular flexibility index (Phi) is 4.19. The number of aromatic nitrogens is 3. The van der Waals surface area contributed by atoms with Crippen molar-refractivity contribution in [2.45, 2.75) is 32.2 Å². The largest absolute Gasteiger partial charge is 0.464 e. The van der Waals surface area contributed by atoms with E-state index >= 15 is 0 Å². The zero-order chi connectivity index (χ0) is 14.7. The Morgan fingerprint density at radius 3 is 3.00 bits per heavy atom. The number of fused-ring (bicyclic) bond motifs is 1. The number of hydrogen-bond acceptors (Lipinski definition) is 7. The summed E-state index contributed by atoms with van der Waals surface area (Å²) < 4.78 is 5.39. The van der Waals surface area contributed by atoms with Gasteiger partial charge in [-0.1, -0.05) is 0 Å². The summed E-state index contributed by atoms with van der Waals surface area (Å²) in [6.07, 6.45) is 3.45. The third-order valence-electron chi connectivity index (χ3n) is 3.47. The van der Waals surface area contributed by atoms with E-state index in [2.05, 4.69) is 37.0 Å². The Labute approximate surface area is 128 Å². The first-order chi connectivity index (χ1) is 10.3. The fraction of sp³-hybridized carbons (Fsp3) is 0.500. The number of nitrogens with one attached hydrogen (secondary N) is 2. The molecule has 1 unspecified atom stereocenters. The van der Waals surface area contributed by atoms with Crippen molar-refractivity contribution in [1.82, 2.24) is 15.0 Å². The monoisotopic (exact) mass is 305 g/mol. The van der Waals surface area contributed by atoms with Gasteiger partial charge in [-0.15, -0.1) is 11.3 Å². The maximum Gasteiger partial charge on any atom is 0.323 e. The minimum atomic E-state index is 0.265. The molecule has 2 aromatic rings. The summed E-state index contributed by atoms with van der Waals surface area (Å²) in [5.41, 5.74) is 1.37. The second-order valence-corrected chi connectivity index (χ2v) is 5.84. The van der Waals surface area contributed by atoms with Crippen LogP contribution in [0.15, 0.2) is 11.4 Å². The lowest BCUT2D eigenvalue weighted by molar-refractivity contribution is 0.312. The molecule has 6 nitrogen and oxygen atoms in total. The second-order valence-electron chi connectivity index (χ2n) is 4.84. The van der Waals surface area contributed by atoms with E-state index < -0.39 is 0 Å². The van der Waals surface area contributed by atoms with Crippen LogP contribution >= 0.6 is 11.3 Å². The van der Waals surface area contributed by atoms with Gasteiger partial charge in [0.2, 0.25) is 11.9 Å². The molecule has 2 heterocycles. The summed E-state index contributed by atoms with van der Waals surface area (Å²) in [5, 5.41) is 8.51. The molecule has 0 amide bonds. The maximum atomic E-state index is 5.39. The van der Waals surface area contributed by atoms with Crippen molar-refractivity contribution in [3.63, 3.8) is 0 Å². The van der Waals surface area contributed by atoms with Gasteiger partial charge in [-0.2, -0.15) is 15.0 Å². The average Bonchev–Trinajstić information content (AvgIpc) is 2.97. The molecule has 7 heteroatoms. The van der Waals surface area contributed by atoms with Gasteiger partial charge in [-0.05, 0) is 43.2 Å². The van der Waals surface area contributed by atoms with Gasteiger partial charge in [0.1, 0.15) is 0 Å². The molecule has 112 valence electrons. The summed E-state index contributed by atoms with van der Waals surface area (Å²) in [5.74, 6) is 1.07. The van der Waals surface area contributed by atoms with E-state index in [9.17, 15) is 0 Å². The lowest BCUT2D eigenvalue weighted by Gasteiger charge is -2.23. The highest BCUT2D eigenvalue weighted by atomic mass is 32.1. The first-order valence-electron chi connectivity index (χ1n) is 7.19. The smallest absolute Gasteiger partial charge is 0.323 e. The molecule has 0 radical (unpaired) electrons. The molecule has 0 saturated heterocycles. The fourth-order valence-electron chi connectivity index (χ4n) is 2.52. The Morgan fingerprint density at radius 2 is 2.19 bits per heavy atom. The van der Waals surface area contributed by atoms with Crippen LogP contribution in [0.5, 0.6) is 6.01 Å². The molecular weight excluding hydrogens is 286 g/mol. The third kappa shape index (κ3) is 3.07. The van der Waals surface area contributed by atoms with Gasteiger partial charge in [0.05, 0.1) is 12.6 Å². The Balaban J connectivity index is 1.83. The SMILES string of the molecule is CCOc1nc(NC)nc(NC2CCCc3sccc32)n1. The molecule has 1 aliphatic rings. The number of aryl methyl sites for hydroxylation is 1. The van der Waals surface area contributed by atoms with Crippen molar-refractivity contribution >= 4 is 23.2 Å². The van der Waals surface area contributed by atoms with E-state index in [1.54, 1.807) is 7.05 Å². The van der Waals surface area contributed by atoms with Crippen molar-refractivity contribution < 1.29 is 4.74 Å². The Hall–Kier alpha value is -1.89. The highest BCUT2D eigenvalue weighted by molar-refractivity contribution is 7.10. The lowest BCUT2D eigenvalue weighted by Crippen LogP contribution is -2.18. The molecule has 21 heavy (non-hydrogen) atoms. The van der Waals surface area contributed by atoms with Crippen LogP contribution in [0.25, 0.3) is 0 Å². The van der Waals surface area contributed by atoms with Gasteiger partial charge >= 0.3 is 6.01 Å². The number of thiophene rings is 1. The summed E-state index contributed by atoms with van der Waals surface area (Å²) in [4.78, 5) is 14.3. The zero-order valence-electron chi connectivity index (χ0n) is 12.2. The molecule has 1 atom stereocenters. The highest BCUT2D eigenvalue weighted by Gasteiger charge is 2.22. The van der Waals surface area contributed by atoms with Gasteiger partial charge in [-0.25, -0.2) is 0 Å². The molecule has 3 rings (SSSR count). The first kappa shape index (κ1) is 14.1. The van der Waals surface area contributed by atoms with Crippen LogP contribution < -0.4 is 15.4 Å². The van der Waals surface area contributed by atoms with Crippen LogP contribution in [0.3, 0.4) is 0 Å². The van der Waals surface area contributed by atoms with Gasteiger partial charge in [0.25, 0.3) is 0 Å². The van der Waals surface area contributed by atoms with Gasteiger partial charge in [-0.3, -0.25) is 0 Å². The minimum absolute atomic E-state index is 0.265. The molecule has 0 aromatic carbocycles. The van der Waals surface area contributed by atoms with E-state index in [0.29, 0.717) is 24.5 Å². The van der Waals surface area contributed by atoms with Crippen LogP contribution in [0.4, 0.5) is 11.9 Å². The Morgan fingerprint density at radius 1 is 1.33 bits per heavy atom. The number of anilines is 2. The molecule has 2 aromatic heterocycles. The van der Waals surface area contributed by atoms with Crippen molar-refractivity contribution in [1.29, 1.82) is 0 Å². The quantitative estimate of drug-likeness (QED) is 0.885. The van der Waals surface area contributed by atoms with Gasteiger partial charge in [0, 0.05) is 11.9 Å². The minimum Gasteiger partial charge on any atom is -0.464 e. The standard InChI is InChI=1S/C14H19N5OS/c1-3-20-14-18-12(15-2)17-13(19-14)16-10-5-4-6-11-9(10)7-8-21-11/h7-8,10H,3-6H2,1-2H3,(H2,15,16,17,18,19). The first-order valence-corrected chi connectivity index (χ1v) is 8.07. The van der Waals surface area contributed by atoms with Crippen LogP contribution in [-0.4, -0.2) is 28.6 Å². The van der Waals surface area contributed by atoms with Crippen LogP contribution in [0, 0.1) is 0 Å². The van der Waals surface area contributed by atoms with Gasteiger partial charge in [0.15, 0.2) is 0 Å². The Bertz CT molecular complexity index is 615. The lowest BCUT2D eigenvalue weighted by atomic mass is 9.94. The van der Waals surface area contributed by atoms with Crippen molar-refractivity contribution in [2.75, 3.05) is 24.3 Å². The van der Waals surface area contributed by atoms with Crippen molar-refractivity contribution in [2.24, 2.45) is 0 Å². The molecule has 2 N–H and O–H groups in total. The van der Waals surface area contributed by atoms with Crippen molar-refractivity contribution in [3.8, 4) is 6.01 Å². The van der Waals surface area contributed by atoms with Crippen LogP contribution in [0.1, 0.15) is 36.2 Å². The topological polar surface area (TPSA) is 72.0 Å². The molecule has 0 spiro atoms. The van der Waals surface area contributed by atoms with E-state index in [4.69, 9.17) is 4.74 Å². The predicted octanol–water partition coefficient (Wildman–Crippen LogP) is 2.86. The normalized spacial score (nSPS) is 17.1. The third-order valence-corrected chi connectivity index (χ3v) is 4.46. The highest BCUT2D eigenvalue weighted by Crippen LogP contribution is 2.35. The second kappa shape index (κ2) is 6.26. The van der Waals surface area contributed by atoms with E-state index in [1.807, 2.05) is 18.3 Å². The summed E-state index contributed by atoms with van der Waals surface area (Å²) in [7, 11) is 1.78. The van der Waals surface area contributed by atoms with E-state index in [-0.39, 0.29) is 6.04 Å². The summed E-state index contributed by atoms with van der Waals surface area (Å²) in [6.45, 7) is 2.44. The summed E-state index contributed by atoms with van der Waals surface area (Å²) in [6, 6.07) is 2.81. The zero-order valence-corrected chi connectivity index (χ0v) is 13.0. The number of nitrogens with zero attached hydrogens (tertiary/aromatic N) is 3. The molecule has 0 fully saturated rings. The number of rotatable bonds is 5. The van der Waals surface area contributed by atoms with Crippen molar-refractivity contribution in [3.05, 3.63) is 21.9 Å².